The fourth-order valence-corrected chi connectivity index (χ4v) is 5.87. The molecule has 1 heterocycles. The second kappa shape index (κ2) is 8.55. The maximum absolute atomic E-state index is 12.5. The van der Waals surface area contributed by atoms with Gasteiger partial charge in [0.2, 0.25) is 0 Å². The number of phenols is 2. The van der Waals surface area contributed by atoms with Crippen molar-refractivity contribution in [3.8, 4) is 22.6 Å². The lowest BCUT2D eigenvalue weighted by atomic mass is 9.71. The molecule has 37 heavy (non-hydrogen) atoms. The Morgan fingerprint density at radius 1 is 0.919 bits per heavy atom. The summed E-state index contributed by atoms with van der Waals surface area (Å²) in [6.45, 7) is 11.7. The minimum absolute atomic E-state index is 0.00978. The molecule has 0 atom stereocenters. The largest absolute Gasteiger partial charge is 0.507 e. The van der Waals surface area contributed by atoms with Gasteiger partial charge in [0.05, 0.1) is 13.7 Å². The number of rotatable bonds is 3. The van der Waals surface area contributed by atoms with E-state index in [1.165, 1.54) is 12.7 Å². The van der Waals surface area contributed by atoms with E-state index in [0.717, 1.165) is 32.9 Å². The number of aromatic hydroxyl groups is 2. The van der Waals surface area contributed by atoms with E-state index < -0.39 is 5.97 Å². The number of esters is 1. The van der Waals surface area contributed by atoms with Crippen molar-refractivity contribution in [1.29, 1.82) is 0 Å². The zero-order valence-corrected chi connectivity index (χ0v) is 22.1. The lowest BCUT2D eigenvalue weighted by molar-refractivity contribution is 0.0597. The number of carbonyl (C=O) groups excluding carboxylic acids is 1. The molecule has 1 aliphatic heterocycles. The van der Waals surface area contributed by atoms with Crippen molar-refractivity contribution < 1.29 is 24.5 Å². The van der Waals surface area contributed by atoms with Crippen LogP contribution in [0.25, 0.3) is 38.4 Å². The Hall–Kier alpha value is -3.99. The van der Waals surface area contributed by atoms with Crippen molar-refractivity contribution in [2.75, 3.05) is 13.7 Å². The summed E-state index contributed by atoms with van der Waals surface area (Å²) in [4.78, 5) is 12.5. The summed E-state index contributed by atoms with van der Waals surface area (Å²) in [5, 5.41) is 25.5. The van der Waals surface area contributed by atoms with Gasteiger partial charge in [-0.15, -0.1) is 0 Å². The summed E-state index contributed by atoms with van der Waals surface area (Å²) in [5.74, 6) is 0.0377. The molecular formula is C32H32O5. The van der Waals surface area contributed by atoms with Crippen LogP contribution >= 0.6 is 0 Å². The van der Waals surface area contributed by atoms with E-state index in [4.69, 9.17) is 9.47 Å². The van der Waals surface area contributed by atoms with Gasteiger partial charge in [-0.2, -0.15) is 0 Å². The summed E-state index contributed by atoms with van der Waals surface area (Å²) in [6.07, 6.45) is 0. The number of ether oxygens (including phenoxy) is 2. The van der Waals surface area contributed by atoms with Crippen LogP contribution < -0.4 is 0 Å². The number of benzene rings is 4. The zero-order valence-electron chi connectivity index (χ0n) is 22.1. The molecule has 0 saturated heterocycles. The maximum atomic E-state index is 12.5. The van der Waals surface area contributed by atoms with Gasteiger partial charge in [-0.1, -0.05) is 77.1 Å². The van der Waals surface area contributed by atoms with Gasteiger partial charge in [0, 0.05) is 22.1 Å². The summed E-state index contributed by atoms with van der Waals surface area (Å²) in [6, 6.07) is 18.6. The number of carbonyl (C=O) groups is 1. The Labute approximate surface area is 217 Å². The number of hydrogen-bond donors (Lipinski definition) is 2. The molecule has 4 aromatic carbocycles. The normalized spacial score (nSPS) is 15.3. The third-order valence-electron chi connectivity index (χ3n) is 7.17. The number of methoxy groups -OCH3 is 1. The highest BCUT2D eigenvalue weighted by atomic mass is 16.5. The molecule has 2 N–H and O–H groups in total. The molecule has 0 saturated carbocycles. The van der Waals surface area contributed by atoms with Gasteiger partial charge < -0.3 is 19.7 Å². The van der Waals surface area contributed by atoms with E-state index in [1.54, 1.807) is 12.1 Å². The highest BCUT2D eigenvalue weighted by Gasteiger charge is 2.41. The number of phenolic OH excluding ortho intramolecular Hbond substituents is 2. The van der Waals surface area contributed by atoms with Gasteiger partial charge in [0.1, 0.15) is 22.8 Å². The van der Waals surface area contributed by atoms with Gasteiger partial charge in [0.25, 0.3) is 0 Å². The molecule has 0 amide bonds. The lowest BCUT2D eigenvalue weighted by Crippen LogP contribution is -2.24. The van der Waals surface area contributed by atoms with Gasteiger partial charge in [-0.25, -0.2) is 4.79 Å². The van der Waals surface area contributed by atoms with Crippen molar-refractivity contribution in [1.82, 2.24) is 0 Å². The zero-order chi connectivity index (χ0) is 26.7. The Balaban J connectivity index is 1.80. The van der Waals surface area contributed by atoms with E-state index in [9.17, 15) is 15.0 Å². The van der Waals surface area contributed by atoms with E-state index in [1.807, 2.05) is 42.5 Å². The first kappa shape index (κ1) is 24.7. The van der Waals surface area contributed by atoms with Crippen LogP contribution in [-0.2, 0) is 9.47 Å². The quantitative estimate of drug-likeness (QED) is 0.285. The topological polar surface area (TPSA) is 76.0 Å². The van der Waals surface area contributed by atoms with Crippen LogP contribution in [-0.4, -0.2) is 29.9 Å². The predicted molar refractivity (Wildman–Crippen MR) is 148 cm³/mol. The van der Waals surface area contributed by atoms with Crippen LogP contribution in [0, 0.1) is 10.8 Å². The number of hydrogen-bond acceptors (Lipinski definition) is 5. The lowest BCUT2D eigenvalue weighted by Gasteiger charge is -2.30. The Morgan fingerprint density at radius 3 is 2.30 bits per heavy atom. The average molecular weight is 497 g/mol. The van der Waals surface area contributed by atoms with Crippen molar-refractivity contribution in [3.63, 3.8) is 0 Å². The average Bonchev–Trinajstić information content (AvgIpc) is 3.19. The van der Waals surface area contributed by atoms with Crippen LogP contribution in [0.5, 0.6) is 11.5 Å². The van der Waals surface area contributed by atoms with Crippen molar-refractivity contribution in [3.05, 3.63) is 77.4 Å². The molecule has 0 aliphatic carbocycles. The molecule has 0 bridgehead atoms. The van der Waals surface area contributed by atoms with Gasteiger partial charge in [-0.3, -0.25) is 0 Å². The molecule has 0 unspecified atom stereocenters. The first-order valence-corrected chi connectivity index (χ1v) is 12.4. The highest BCUT2D eigenvalue weighted by molar-refractivity contribution is 6.13. The molecular weight excluding hydrogens is 464 g/mol. The molecule has 4 aromatic rings. The highest BCUT2D eigenvalue weighted by Crippen LogP contribution is 2.51. The summed E-state index contributed by atoms with van der Waals surface area (Å²) in [7, 11) is 1.28. The monoisotopic (exact) mass is 496 g/mol. The van der Waals surface area contributed by atoms with E-state index in [-0.39, 0.29) is 27.9 Å². The second-order valence-corrected chi connectivity index (χ2v) is 11.4. The van der Waals surface area contributed by atoms with E-state index in [0.29, 0.717) is 17.7 Å². The molecule has 0 spiro atoms. The third-order valence-corrected chi connectivity index (χ3v) is 7.17. The minimum Gasteiger partial charge on any atom is -0.507 e. The maximum Gasteiger partial charge on any atom is 0.341 e. The van der Waals surface area contributed by atoms with Crippen LogP contribution in [0.2, 0.25) is 0 Å². The van der Waals surface area contributed by atoms with Gasteiger partial charge >= 0.3 is 5.97 Å². The summed E-state index contributed by atoms with van der Waals surface area (Å²) < 4.78 is 11.2. The van der Waals surface area contributed by atoms with Crippen molar-refractivity contribution in [2.24, 2.45) is 10.8 Å². The first-order valence-electron chi connectivity index (χ1n) is 12.4. The predicted octanol–water partition coefficient (Wildman–Crippen LogP) is 7.67. The summed E-state index contributed by atoms with van der Waals surface area (Å²) in [5.41, 5.74) is 2.99. The molecule has 190 valence electrons. The van der Waals surface area contributed by atoms with Crippen LogP contribution in [0.3, 0.4) is 0 Å². The molecule has 5 heteroatoms. The first-order chi connectivity index (χ1) is 17.4. The standard InChI is InChI=1S/C32H32O5/c1-31(2,3)29-28(37-17-32(29,4)5)20-11-13-22-19(15-20)12-14-24(33)25(22)26-21-10-8-7-9-18(21)16-23(27(26)34)30(35)36-6/h7-16,33-34H,17H2,1-6H3. The summed E-state index contributed by atoms with van der Waals surface area (Å²) >= 11 is 0. The Bertz CT molecular complexity index is 1600. The third kappa shape index (κ3) is 3.99. The molecule has 5 nitrogen and oxygen atoms in total. The van der Waals surface area contributed by atoms with Crippen LogP contribution in [0.1, 0.15) is 50.5 Å². The molecule has 0 fully saturated rings. The van der Waals surface area contributed by atoms with Gasteiger partial charge in [-0.05, 0) is 50.7 Å². The fourth-order valence-electron chi connectivity index (χ4n) is 5.87. The molecule has 0 aromatic heterocycles. The van der Waals surface area contributed by atoms with Crippen LogP contribution in [0.15, 0.2) is 66.2 Å². The SMILES string of the molecule is COC(=O)c1cc2ccccc2c(-c2c(O)ccc3cc(C4=C(C(C)(C)C)C(C)(C)CO4)ccc23)c1O. The minimum atomic E-state index is -0.644. The van der Waals surface area contributed by atoms with Crippen molar-refractivity contribution in [2.45, 2.75) is 34.6 Å². The number of fused-ring (bicyclic) bond motifs is 2. The smallest absolute Gasteiger partial charge is 0.341 e. The van der Waals surface area contributed by atoms with Crippen LogP contribution in [0.4, 0.5) is 0 Å². The van der Waals surface area contributed by atoms with E-state index in [2.05, 4.69) is 40.7 Å². The van der Waals surface area contributed by atoms with Crippen molar-refractivity contribution >= 4 is 33.3 Å². The fraction of sp³-hybridized carbons (Fsp3) is 0.281. The van der Waals surface area contributed by atoms with Gasteiger partial charge in [0.15, 0.2) is 0 Å². The molecule has 0 radical (unpaired) electrons. The second-order valence-electron chi connectivity index (χ2n) is 11.4. The van der Waals surface area contributed by atoms with E-state index >= 15 is 0 Å². The molecule has 1 aliphatic rings. The Morgan fingerprint density at radius 2 is 1.59 bits per heavy atom. The molecule has 5 rings (SSSR count). The Kier molecular flexibility index (Phi) is 5.70.